The summed E-state index contributed by atoms with van der Waals surface area (Å²) in [6.45, 7) is 6.03. The van der Waals surface area contributed by atoms with Gasteiger partial charge in [0.25, 0.3) is 0 Å². The van der Waals surface area contributed by atoms with E-state index in [1.165, 1.54) is 4.90 Å². The lowest BCUT2D eigenvalue weighted by atomic mass is 10.0. The summed E-state index contributed by atoms with van der Waals surface area (Å²) in [5.41, 5.74) is -0.439. The number of carboxylic acid groups (broad SMARTS) is 1. The average Bonchev–Trinajstić information content (AvgIpc) is 2.28. The molecule has 0 saturated carbocycles. The summed E-state index contributed by atoms with van der Waals surface area (Å²) >= 11 is 0. The molecule has 1 atom stereocenters. The standard InChI is InChI=1S/C11H20N2O3/c1-11(2,3)13(10(15)16)8-5-4-6-9(14)12-7-8/h8H,4-7H2,1-3H3,(H,12,14)(H,15,16)/t8-/m0/s1. The minimum absolute atomic E-state index is 0.0155. The van der Waals surface area contributed by atoms with E-state index >= 15 is 0 Å². The number of carbonyl (C=O) groups is 2. The number of hydrogen-bond donors (Lipinski definition) is 2. The molecule has 0 spiro atoms. The third kappa shape index (κ3) is 3.12. The van der Waals surface area contributed by atoms with Gasteiger partial charge in [0.2, 0.25) is 5.91 Å². The van der Waals surface area contributed by atoms with Crippen LogP contribution in [-0.4, -0.2) is 40.1 Å². The maximum atomic E-state index is 11.3. The van der Waals surface area contributed by atoms with E-state index in [4.69, 9.17) is 0 Å². The van der Waals surface area contributed by atoms with Gasteiger partial charge in [-0.15, -0.1) is 0 Å². The van der Waals surface area contributed by atoms with Gasteiger partial charge in [-0.25, -0.2) is 4.79 Å². The van der Waals surface area contributed by atoms with Crippen LogP contribution >= 0.6 is 0 Å². The van der Waals surface area contributed by atoms with E-state index in [2.05, 4.69) is 5.32 Å². The molecular formula is C11H20N2O3. The minimum Gasteiger partial charge on any atom is -0.465 e. The fraction of sp³-hybridized carbons (Fsp3) is 0.818. The molecule has 16 heavy (non-hydrogen) atoms. The molecule has 5 nitrogen and oxygen atoms in total. The molecule has 1 aliphatic rings. The third-order valence-electron chi connectivity index (χ3n) is 2.77. The van der Waals surface area contributed by atoms with E-state index in [0.29, 0.717) is 13.0 Å². The van der Waals surface area contributed by atoms with Crippen LogP contribution in [0.2, 0.25) is 0 Å². The van der Waals surface area contributed by atoms with E-state index in [1.54, 1.807) is 0 Å². The van der Waals surface area contributed by atoms with Crippen molar-refractivity contribution in [1.29, 1.82) is 0 Å². The van der Waals surface area contributed by atoms with Crippen molar-refractivity contribution in [2.24, 2.45) is 0 Å². The Morgan fingerprint density at radius 1 is 1.50 bits per heavy atom. The lowest BCUT2D eigenvalue weighted by molar-refractivity contribution is -0.120. The summed E-state index contributed by atoms with van der Waals surface area (Å²) in [6, 6.07) is -0.121. The molecule has 0 unspecified atom stereocenters. The van der Waals surface area contributed by atoms with Crippen molar-refractivity contribution >= 4 is 12.0 Å². The van der Waals surface area contributed by atoms with Crippen LogP contribution in [-0.2, 0) is 4.79 Å². The molecule has 0 aromatic carbocycles. The Morgan fingerprint density at radius 2 is 2.12 bits per heavy atom. The average molecular weight is 228 g/mol. The molecule has 92 valence electrons. The van der Waals surface area contributed by atoms with Crippen LogP contribution in [0, 0.1) is 0 Å². The number of carbonyl (C=O) groups excluding carboxylic acids is 1. The Hall–Kier alpha value is -1.26. The van der Waals surface area contributed by atoms with Crippen LogP contribution < -0.4 is 5.32 Å². The van der Waals surface area contributed by atoms with E-state index in [0.717, 1.165) is 12.8 Å². The summed E-state index contributed by atoms with van der Waals surface area (Å²) in [7, 11) is 0. The van der Waals surface area contributed by atoms with Gasteiger partial charge in [-0.3, -0.25) is 9.69 Å². The fourth-order valence-electron chi connectivity index (χ4n) is 2.13. The van der Waals surface area contributed by atoms with Gasteiger partial charge in [-0.1, -0.05) is 0 Å². The molecule has 2 N–H and O–H groups in total. The Kier molecular flexibility index (Phi) is 3.78. The van der Waals surface area contributed by atoms with Gasteiger partial charge < -0.3 is 10.4 Å². The van der Waals surface area contributed by atoms with Crippen LogP contribution in [0.1, 0.15) is 40.0 Å². The Bertz CT molecular complexity index is 283. The highest BCUT2D eigenvalue weighted by molar-refractivity contribution is 5.76. The molecule has 1 rings (SSSR count). The number of nitrogens with one attached hydrogen (secondary N) is 1. The summed E-state index contributed by atoms with van der Waals surface area (Å²) in [4.78, 5) is 23.9. The lowest BCUT2D eigenvalue weighted by Gasteiger charge is -2.39. The quantitative estimate of drug-likeness (QED) is 0.713. The predicted octanol–water partition coefficient (Wildman–Crippen LogP) is 1.43. The van der Waals surface area contributed by atoms with Crippen molar-refractivity contribution in [3.63, 3.8) is 0 Å². The second-order valence-corrected chi connectivity index (χ2v) is 5.17. The number of hydrogen-bond acceptors (Lipinski definition) is 2. The van der Waals surface area contributed by atoms with Crippen LogP contribution in [0.25, 0.3) is 0 Å². The van der Waals surface area contributed by atoms with Crippen molar-refractivity contribution in [2.45, 2.75) is 51.6 Å². The highest BCUT2D eigenvalue weighted by Gasteiger charge is 2.33. The van der Waals surface area contributed by atoms with Crippen LogP contribution in [0.5, 0.6) is 0 Å². The first kappa shape index (κ1) is 12.8. The Morgan fingerprint density at radius 3 is 2.62 bits per heavy atom. The second kappa shape index (κ2) is 4.72. The summed E-state index contributed by atoms with van der Waals surface area (Å²) in [6.07, 6.45) is 1.06. The highest BCUT2D eigenvalue weighted by Crippen LogP contribution is 2.21. The SMILES string of the molecule is CC(C)(C)N(C(=O)O)[C@H]1CCCC(=O)NC1. The molecule has 5 heteroatoms. The first-order chi connectivity index (χ1) is 7.32. The minimum atomic E-state index is -0.923. The summed E-state index contributed by atoms with van der Waals surface area (Å²) in [5, 5.41) is 12.0. The smallest absolute Gasteiger partial charge is 0.408 e. The molecular weight excluding hydrogens is 208 g/mol. The number of rotatable bonds is 1. The largest absolute Gasteiger partial charge is 0.465 e. The van der Waals surface area contributed by atoms with Crippen molar-refractivity contribution in [2.75, 3.05) is 6.54 Å². The van der Waals surface area contributed by atoms with Gasteiger partial charge in [0.05, 0.1) is 6.04 Å². The van der Waals surface area contributed by atoms with Gasteiger partial charge in [-0.05, 0) is 33.6 Å². The molecule has 0 aromatic rings. The van der Waals surface area contributed by atoms with Crippen molar-refractivity contribution in [1.82, 2.24) is 10.2 Å². The molecule has 1 heterocycles. The normalized spacial score (nSPS) is 22.2. The Balaban J connectivity index is 2.78. The summed E-state index contributed by atoms with van der Waals surface area (Å²) < 4.78 is 0. The summed E-state index contributed by atoms with van der Waals surface area (Å²) in [5.74, 6) is 0.0155. The van der Waals surface area contributed by atoms with Gasteiger partial charge in [0.1, 0.15) is 0 Å². The molecule has 0 radical (unpaired) electrons. The van der Waals surface area contributed by atoms with Crippen molar-refractivity contribution < 1.29 is 14.7 Å². The van der Waals surface area contributed by atoms with Crippen LogP contribution in [0.4, 0.5) is 4.79 Å². The molecule has 0 aliphatic carbocycles. The van der Waals surface area contributed by atoms with Gasteiger partial charge in [0.15, 0.2) is 0 Å². The maximum absolute atomic E-state index is 11.3. The first-order valence-electron chi connectivity index (χ1n) is 5.61. The molecule has 1 aliphatic heterocycles. The molecule has 0 bridgehead atoms. The highest BCUT2D eigenvalue weighted by atomic mass is 16.4. The number of amides is 2. The molecule has 1 fully saturated rings. The fourth-order valence-corrected chi connectivity index (χ4v) is 2.13. The zero-order valence-corrected chi connectivity index (χ0v) is 10.1. The van der Waals surface area contributed by atoms with Crippen LogP contribution in [0.15, 0.2) is 0 Å². The molecule has 0 aromatic heterocycles. The van der Waals surface area contributed by atoms with E-state index in [9.17, 15) is 14.7 Å². The zero-order chi connectivity index (χ0) is 12.3. The van der Waals surface area contributed by atoms with Gasteiger partial charge in [0, 0.05) is 18.5 Å². The van der Waals surface area contributed by atoms with Crippen LogP contribution in [0.3, 0.4) is 0 Å². The predicted molar refractivity (Wildman–Crippen MR) is 60.3 cm³/mol. The number of nitrogens with zero attached hydrogens (tertiary/aromatic N) is 1. The van der Waals surface area contributed by atoms with Crippen molar-refractivity contribution in [3.8, 4) is 0 Å². The molecule has 1 saturated heterocycles. The van der Waals surface area contributed by atoms with E-state index in [-0.39, 0.29) is 11.9 Å². The zero-order valence-electron chi connectivity index (χ0n) is 10.1. The Labute approximate surface area is 95.8 Å². The van der Waals surface area contributed by atoms with E-state index in [1.807, 2.05) is 20.8 Å². The first-order valence-corrected chi connectivity index (χ1v) is 5.61. The topological polar surface area (TPSA) is 69.6 Å². The molecule has 2 amide bonds. The lowest BCUT2D eigenvalue weighted by Crippen LogP contribution is -2.54. The van der Waals surface area contributed by atoms with Gasteiger partial charge in [-0.2, -0.15) is 0 Å². The van der Waals surface area contributed by atoms with Gasteiger partial charge >= 0.3 is 6.09 Å². The van der Waals surface area contributed by atoms with E-state index < -0.39 is 11.6 Å². The second-order valence-electron chi connectivity index (χ2n) is 5.17. The monoisotopic (exact) mass is 228 g/mol. The third-order valence-corrected chi connectivity index (χ3v) is 2.77. The maximum Gasteiger partial charge on any atom is 0.408 e. The van der Waals surface area contributed by atoms with Crippen molar-refractivity contribution in [3.05, 3.63) is 0 Å².